The van der Waals surface area contributed by atoms with Crippen LogP contribution in [0.15, 0.2) is 265 Å². The lowest BCUT2D eigenvalue weighted by atomic mass is 10.1. The number of aliphatic imine (C=N–C) groups is 2. The predicted molar refractivity (Wildman–Crippen MR) is 313 cm³/mol. The average molecular weight is 965 g/mol. The number of aryl methyl sites for hydroxylation is 2. The van der Waals surface area contributed by atoms with E-state index in [1.54, 1.807) is 0 Å². The molecule has 0 aliphatic heterocycles. The van der Waals surface area contributed by atoms with Crippen LogP contribution in [0, 0.1) is 13.8 Å². The van der Waals surface area contributed by atoms with Crippen molar-refractivity contribution in [2.45, 2.75) is 20.8 Å². The van der Waals surface area contributed by atoms with Crippen LogP contribution < -0.4 is 0 Å². The van der Waals surface area contributed by atoms with Crippen molar-refractivity contribution in [1.82, 2.24) is 19.1 Å². The number of fused-ring (bicyclic) bond motifs is 2. The van der Waals surface area contributed by atoms with E-state index < -0.39 is 0 Å². The van der Waals surface area contributed by atoms with Gasteiger partial charge in [0.1, 0.15) is 0 Å². The molecule has 0 saturated heterocycles. The predicted octanol–water partition coefficient (Wildman–Crippen LogP) is 17.2. The molecule has 0 N–H and O–H groups in total. The van der Waals surface area contributed by atoms with Crippen LogP contribution in [0.3, 0.4) is 0 Å². The third-order valence-electron chi connectivity index (χ3n) is 13.8. The van der Waals surface area contributed by atoms with Crippen LogP contribution in [0.1, 0.15) is 34.7 Å². The molecule has 0 amide bonds. The average Bonchev–Trinajstić information content (AvgIpc) is 4.08. The summed E-state index contributed by atoms with van der Waals surface area (Å²) in [5.41, 5.74) is 19.9. The number of rotatable bonds is 11. The Morgan fingerprint density at radius 1 is 0.413 bits per heavy atom. The Bertz CT molecular complexity index is 4000. The van der Waals surface area contributed by atoms with Gasteiger partial charge in [-0.15, -0.1) is 0 Å². The van der Waals surface area contributed by atoms with Crippen molar-refractivity contribution in [3.63, 3.8) is 0 Å². The molecule has 0 bridgehead atoms. The summed E-state index contributed by atoms with van der Waals surface area (Å²) in [5.74, 6) is 1.34. The first kappa shape index (κ1) is 46.3. The van der Waals surface area contributed by atoms with Crippen molar-refractivity contribution in [3.8, 4) is 67.8 Å². The second-order valence-corrected chi connectivity index (χ2v) is 18.9. The first-order chi connectivity index (χ1) is 36.9. The van der Waals surface area contributed by atoms with E-state index in [-0.39, 0.29) is 0 Å². The molecule has 0 saturated carbocycles. The summed E-state index contributed by atoms with van der Waals surface area (Å²) < 4.78 is 4.80. The standard InChI is InChI=1S/C69H52N6/c1-4-61(71-68(55-21-13-7-14-22-55)70-46-49-17-9-5-10-18-49)51-33-37-59(38-34-51)74-64(53-29-25-47(2)26-30-53)41-57-44-67-58(43-66(57)74)42-65(54-31-27-48(3)28-32-54)75(67)60-39-35-52(36-40-60)63-45-62(50-19-11-6-12-20-50)72-69(73-63)56-23-15-8-16-24-56/h4-46H,1-3H3/b61-4-,70-46+,71-68-. The van der Waals surface area contributed by atoms with Gasteiger partial charge in [-0.25, -0.2) is 20.0 Å². The number of nitrogens with zero attached hydrogens (tertiary/aromatic N) is 6. The number of hydrogen-bond donors (Lipinski definition) is 0. The highest BCUT2D eigenvalue weighted by Crippen LogP contribution is 2.39. The second kappa shape index (κ2) is 20.4. The lowest BCUT2D eigenvalue weighted by Crippen LogP contribution is -2.00. The molecule has 0 spiro atoms. The fraction of sp³-hybridized carbons (Fsp3) is 0.0435. The zero-order valence-electron chi connectivity index (χ0n) is 42.0. The van der Waals surface area contributed by atoms with Crippen molar-refractivity contribution in [1.29, 1.82) is 0 Å². The maximum Gasteiger partial charge on any atom is 0.160 e. The van der Waals surface area contributed by atoms with Gasteiger partial charge >= 0.3 is 0 Å². The van der Waals surface area contributed by atoms with Gasteiger partial charge in [-0.1, -0.05) is 211 Å². The zero-order chi connectivity index (χ0) is 50.7. The summed E-state index contributed by atoms with van der Waals surface area (Å²) in [6.45, 7) is 6.30. The van der Waals surface area contributed by atoms with E-state index in [1.807, 2.05) is 98.1 Å². The van der Waals surface area contributed by atoms with E-state index in [9.17, 15) is 0 Å². The largest absolute Gasteiger partial charge is 0.309 e. The normalized spacial score (nSPS) is 12.0. The van der Waals surface area contributed by atoms with Gasteiger partial charge in [-0.3, -0.25) is 0 Å². The highest BCUT2D eigenvalue weighted by atomic mass is 15.0. The summed E-state index contributed by atoms with van der Waals surface area (Å²) in [5, 5.41) is 2.28. The molecule has 6 nitrogen and oxygen atoms in total. The highest BCUT2D eigenvalue weighted by Gasteiger charge is 2.20. The minimum absolute atomic E-state index is 0.646. The topological polar surface area (TPSA) is 60.4 Å². The summed E-state index contributed by atoms with van der Waals surface area (Å²) in [4.78, 5) is 20.3. The van der Waals surface area contributed by atoms with Crippen LogP contribution in [0.4, 0.5) is 0 Å². The molecule has 3 aromatic heterocycles. The molecule has 0 unspecified atom stereocenters. The summed E-state index contributed by atoms with van der Waals surface area (Å²) in [7, 11) is 0. The Labute approximate surface area is 437 Å². The SMILES string of the molecule is C\C=C(/N=C(\N=C\c1ccccc1)c1ccccc1)c1ccc(-n2c(-c3ccc(C)cc3)cc3cc4c(cc(-c5ccc(C)cc5)n4-c4ccc(-c5cc(-c6ccccc6)nc(-c6ccccc6)n5)cc4)cc32)cc1. The molecule has 358 valence electrons. The van der Waals surface area contributed by atoms with Gasteiger partial charge in [0.15, 0.2) is 11.7 Å². The fourth-order valence-electron chi connectivity index (χ4n) is 9.81. The van der Waals surface area contributed by atoms with Crippen molar-refractivity contribution < 1.29 is 0 Å². The molecule has 12 aromatic rings. The zero-order valence-corrected chi connectivity index (χ0v) is 42.0. The van der Waals surface area contributed by atoms with Gasteiger partial charge in [-0.2, -0.15) is 0 Å². The van der Waals surface area contributed by atoms with E-state index in [0.717, 1.165) is 106 Å². The minimum atomic E-state index is 0.646. The van der Waals surface area contributed by atoms with Crippen LogP contribution >= 0.6 is 0 Å². The quantitative estimate of drug-likeness (QED) is 0.0958. The minimum Gasteiger partial charge on any atom is -0.309 e. The van der Waals surface area contributed by atoms with Gasteiger partial charge in [0, 0.05) is 56.2 Å². The molecule has 6 heteroatoms. The second-order valence-electron chi connectivity index (χ2n) is 18.9. The third kappa shape index (κ3) is 9.57. The molecule has 0 aliphatic carbocycles. The number of hydrogen-bond acceptors (Lipinski definition) is 3. The smallest absolute Gasteiger partial charge is 0.160 e. The molecule has 75 heavy (non-hydrogen) atoms. The van der Waals surface area contributed by atoms with Crippen LogP contribution in [-0.4, -0.2) is 31.2 Å². The summed E-state index contributed by atoms with van der Waals surface area (Å²) in [6, 6.07) is 87.5. The van der Waals surface area contributed by atoms with Gasteiger partial charge in [0.25, 0.3) is 0 Å². The van der Waals surface area contributed by atoms with Gasteiger partial charge in [0.05, 0.1) is 39.5 Å². The van der Waals surface area contributed by atoms with Crippen molar-refractivity contribution >= 4 is 39.6 Å². The van der Waals surface area contributed by atoms with E-state index in [0.29, 0.717) is 11.7 Å². The lowest BCUT2D eigenvalue weighted by molar-refractivity contribution is 1.13. The van der Waals surface area contributed by atoms with E-state index in [4.69, 9.17) is 20.0 Å². The number of amidine groups is 1. The van der Waals surface area contributed by atoms with Gasteiger partial charge < -0.3 is 9.13 Å². The molecule has 9 aromatic carbocycles. The Kier molecular flexibility index (Phi) is 12.6. The highest BCUT2D eigenvalue weighted by molar-refractivity contribution is 6.07. The van der Waals surface area contributed by atoms with Crippen LogP contribution in [0.2, 0.25) is 0 Å². The van der Waals surface area contributed by atoms with E-state index in [1.165, 1.54) is 11.1 Å². The molecule has 0 atom stereocenters. The maximum atomic E-state index is 5.18. The third-order valence-corrected chi connectivity index (χ3v) is 13.8. The molecule has 12 rings (SSSR count). The Morgan fingerprint density at radius 2 is 0.853 bits per heavy atom. The van der Waals surface area contributed by atoms with E-state index >= 15 is 0 Å². The van der Waals surface area contributed by atoms with Gasteiger partial charge in [0.2, 0.25) is 0 Å². The molecule has 0 aliphatic rings. The van der Waals surface area contributed by atoms with Crippen molar-refractivity contribution in [2.75, 3.05) is 0 Å². The van der Waals surface area contributed by atoms with E-state index in [2.05, 4.69) is 193 Å². The lowest BCUT2D eigenvalue weighted by Gasteiger charge is -2.14. The Hall–Kier alpha value is -9.78. The molecular weight excluding hydrogens is 913 g/mol. The first-order valence-electron chi connectivity index (χ1n) is 25.4. The van der Waals surface area contributed by atoms with Crippen molar-refractivity contribution in [2.24, 2.45) is 9.98 Å². The number of aromatic nitrogens is 4. The van der Waals surface area contributed by atoms with Crippen molar-refractivity contribution in [3.05, 3.63) is 283 Å². The summed E-state index contributed by atoms with van der Waals surface area (Å²) in [6.07, 6.45) is 3.93. The maximum absolute atomic E-state index is 5.18. The molecule has 0 fully saturated rings. The van der Waals surface area contributed by atoms with Crippen LogP contribution in [0.25, 0.3) is 95.3 Å². The molecule has 0 radical (unpaired) electrons. The number of allylic oxidation sites excluding steroid dienone is 1. The van der Waals surface area contributed by atoms with Gasteiger partial charge in [-0.05, 0) is 92.1 Å². The Morgan fingerprint density at radius 3 is 1.36 bits per heavy atom. The number of benzene rings is 9. The molecular formula is C69H52N6. The van der Waals surface area contributed by atoms with Crippen LogP contribution in [-0.2, 0) is 0 Å². The fourth-order valence-corrected chi connectivity index (χ4v) is 9.81. The van der Waals surface area contributed by atoms with Crippen LogP contribution in [0.5, 0.6) is 0 Å². The summed E-state index contributed by atoms with van der Waals surface area (Å²) >= 11 is 0. The molecule has 3 heterocycles. The monoisotopic (exact) mass is 964 g/mol. The first-order valence-corrected chi connectivity index (χ1v) is 25.4. The Balaban J connectivity index is 0.969.